The highest BCUT2D eigenvalue weighted by molar-refractivity contribution is 6.30. The highest BCUT2D eigenvalue weighted by Crippen LogP contribution is 2.20. The van der Waals surface area contributed by atoms with Crippen LogP contribution in [0.15, 0.2) is 41.2 Å². The first-order valence-corrected chi connectivity index (χ1v) is 6.10. The molecular formula is C14H15ClN2O. The molecule has 0 atom stereocenters. The van der Waals surface area contributed by atoms with Crippen LogP contribution >= 0.6 is 11.6 Å². The Morgan fingerprint density at radius 1 is 1.17 bits per heavy atom. The van der Waals surface area contributed by atoms with Crippen LogP contribution in [0.4, 0.5) is 0 Å². The smallest absolute Gasteiger partial charge is 0.255 e. The summed E-state index contributed by atoms with van der Waals surface area (Å²) in [4.78, 5) is 12.1. The maximum Gasteiger partial charge on any atom is 0.255 e. The Labute approximate surface area is 111 Å². The summed E-state index contributed by atoms with van der Waals surface area (Å²) >= 11 is 5.86. The normalized spacial score (nSPS) is 10.6. The number of aromatic nitrogens is 1. The number of pyridine rings is 1. The quantitative estimate of drug-likeness (QED) is 0.922. The number of benzene rings is 1. The van der Waals surface area contributed by atoms with E-state index in [-0.39, 0.29) is 5.56 Å². The van der Waals surface area contributed by atoms with Gasteiger partial charge >= 0.3 is 0 Å². The van der Waals surface area contributed by atoms with Gasteiger partial charge in [0.2, 0.25) is 0 Å². The van der Waals surface area contributed by atoms with Crippen LogP contribution in [-0.2, 0) is 13.6 Å². The number of nitrogens with one attached hydrogen (secondary N) is 1. The molecule has 0 bridgehead atoms. The Balaban J connectivity index is 2.50. The predicted octanol–water partition coefficient (Wildman–Crippen LogP) is 2.43. The molecule has 0 aliphatic heterocycles. The molecule has 0 radical (unpaired) electrons. The van der Waals surface area contributed by atoms with Crippen molar-refractivity contribution in [1.82, 2.24) is 9.88 Å². The van der Waals surface area contributed by atoms with Crippen molar-refractivity contribution in [3.8, 4) is 11.3 Å². The van der Waals surface area contributed by atoms with Gasteiger partial charge in [-0.2, -0.15) is 0 Å². The van der Waals surface area contributed by atoms with Crippen molar-refractivity contribution in [1.29, 1.82) is 0 Å². The van der Waals surface area contributed by atoms with Crippen LogP contribution in [0.5, 0.6) is 0 Å². The number of nitrogens with zero attached hydrogens (tertiary/aromatic N) is 1. The third kappa shape index (κ3) is 2.47. The lowest BCUT2D eigenvalue weighted by Gasteiger charge is -2.10. The highest BCUT2D eigenvalue weighted by Gasteiger charge is 2.06. The lowest BCUT2D eigenvalue weighted by atomic mass is 10.1. The lowest BCUT2D eigenvalue weighted by molar-refractivity contribution is 0.772. The van der Waals surface area contributed by atoms with Crippen LogP contribution in [0.3, 0.4) is 0 Å². The van der Waals surface area contributed by atoms with Crippen molar-refractivity contribution in [3.05, 3.63) is 57.3 Å². The second-order valence-corrected chi connectivity index (χ2v) is 4.58. The number of halogens is 1. The number of rotatable bonds is 3. The van der Waals surface area contributed by atoms with Gasteiger partial charge in [-0.1, -0.05) is 29.8 Å². The van der Waals surface area contributed by atoms with Crippen LogP contribution in [0, 0.1) is 0 Å². The van der Waals surface area contributed by atoms with E-state index in [9.17, 15) is 4.79 Å². The van der Waals surface area contributed by atoms with Crippen molar-refractivity contribution in [2.75, 3.05) is 7.05 Å². The van der Waals surface area contributed by atoms with Crippen LogP contribution in [0.2, 0.25) is 5.02 Å². The summed E-state index contributed by atoms with van der Waals surface area (Å²) in [6, 6.07) is 11.3. The van der Waals surface area contributed by atoms with Crippen LogP contribution < -0.4 is 10.9 Å². The van der Waals surface area contributed by atoms with Crippen LogP contribution in [0.1, 0.15) is 5.56 Å². The molecule has 0 unspecified atom stereocenters. The van der Waals surface area contributed by atoms with E-state index in [0.29, 0.717) is 11.6 Å². The second kappa shape index (κ2) is 5.38. The molecule has 0 saturated carbocycles. The van der Waals surface area contributed by atoms with Gasteiger partial charge in [0.1, 0.15) is 0 Å². The Bertz CT molecular complexity index is 602. The summed E-state index contributed by atoms with van der Waals surface area (Å²) in [6.07, 6.45) is 0. The maximum atomic E-state index is 12.1. The zero-order chi connectivity index (χ0) is 13.1. The molecule has 1 heterocycles. The minimum Gasteiger partial charge on any atom is -0.315 e. The minimum absolute atomic E-state index is 0.0248. The fourth-order valence-corrected chi connectivity index (χ4v) is 2.05. The standard InChI is InChI=1S/C14H15ClN2O/c1-16-9-11-5-8-13(17(2)14(11)18)10-3-6-12(15)7-4-10/h3-8,16H,9H2,1-2H3. The molecule has 0 saturated heterocycles. The van der Waals surface area contributed by atoms with E-state index in [1.165, 1.54) is 0 Å². The zero-order valence-electron chi connectivity index (χ0n) is 10.4. The topological polar surface area (TPSA) is 34.0 Å². The fraction of sp³-hybridized carbons (Fsp3) is 0.214. The average molecular weight is 263 g/mol. The Hall–Kier alpha value is -1.58. The van der Waals surface area contributed by atoms with Crippen molar-refractivity contribution in [3.63, 3.8) is 0 Å². The third-order valence-corrected chi connectivity index (χ3v) is 3.14. The largest absolute Gasteiger partial charge is 0.315 e. The summed E-state index contributed by atoms with van der Waals surface area (Å²) in [5.41, 5.74) is 2.65. The van der Waals surface area contributed by atoms with E-state index in [4.69, 9.17) is 11.6 Å². The van der Waals surface area contributed by atoms with Crippen LogP contribution in [0.25, 0.3) is 11.3 Å². The first kappa shape index (κ1) is 12.9. The molecule has 1 N–H and O–H groups in total. The van der Waals surface area contributed by atoms with E-state index in [1.807, 2.05) is 43.4 Å². The van der Waals surface area contributed by atoms with Gasteiger partial charge in [0.05, 0.1) is 5.69 Å². The van der Waals surface area contributed by atoms with Gasteiger partial charge in [-0.25, -0.2) is 0 Å². The Kier molecular flexibility index (Phi) is 3.84. The summed E-state index contributed by atoms with van der Waals surface area (Å²) < 4.78 is 1.66. The molecule has 3 nitrogen and oxygen atoms in total. The Morgan fingerprint density at radius 3 is 2.44 bits per heavy atom. The van der Waals surface area contributed by atoms with Crippen molar-refractivity contribution in [2.45, 2.75) is 6.54 Å². The monoisotopic (exact) mass is 262 g/mol. The molecule has 0 spiro atoms. The highest BCUT2D eigenvalue weighted by atomic mass is 35.5. The van der Waals surface area contributed by atoms with E-state index < -0.39 is 0 Å². The van der Waals surface area contributed by atoms with Gasteiger partial charge in [-0.05, 0) is 30.8 Å². The molecule has 0 amide bonds. The summed E-state index contributed by atoms with van der Waals surface area (Å²) in [5, 5.41) is 3.68. The molecule has 18 heavy (non-hydrogen) atoms. The molecule has 2 aromatic rings. The summed E-state index contributed by atoms with van der Waals surface area (Å²) in [6.45, 7) is 0.577. The first-order chi connectivity index (χ1) is 8.63. The third-order valence-electron chi connectivity index (χ3n) is 2.89. The van der Waals surface area contributed by atoms with E-state index in [0.717, 1.165) is 16.8 Å². The molecule has 0 aliphatic rings. The van der Waals surface area contributed by atoms with Crippen LogP contribution in [-0.4, -0.2) is 11.6 Å². The van der Waals surface area contributed by atoms with Gasteiger partial charge in [-0.3, -0.25) is 4.79 Å². The molecular weight excluding hydrogens is 248 g/mol. The Morgan fingerprint density at radius 2 is 1.83 bits per heavy atom. The van der Waals surface area contributed by atoms with E-state index in [1.54, 1.807) is 11.6 Å². The van der Waals surface area contributed by atoms with E-state index >= 15 is 0 Å². The van der Waals surface area contributed by atoms with Gasteiger partial charge in [-0.15, -0.1) is 0 Å². The summed E-state index contributed by atoms with van der Waals surface area (Å²) in [5.74, 6) is 0. The number of hydrogen-bond acceptors (Lipinski definition) is 2. The SMILES string of the molecule is CNCc1ccc(-c2ccc(Cl)cc2)n(C)c1=O. The second-order valence-electron chi connectivity index (χ2n) is 4.15. The zero-order valence-corrected chi connectivity index (χ0v) is 11.2. The fourth-order valence-electron chi connectivity index (χ4n) is 1.92. The van der Waals surface area contributed by atoms with Gasteiger partial charge < -0.3 is 9.88 Å². The minimum atomic E-state index is 0.0248. The molecule has 94 valence electrons. The van der Waals surface area contributed by atoms with E-state index in [2.05, 4.69) is 5.32 Å². The average Bonchev–Trinajstić information content (AvgIpc) is 2.37. The molecule has 1 aromatic carbocycles. The predicted molar refractivity (Wildman–Crippen MR) is 74.9 cm³/mol. The molecule has 0 aliphatic carbocycles. The lowest BCUT2D eigenvalue weighted by Crippen LogP contribution is -2.25. The van der Waals surface area contributed by atoms with Gasteiger partial charge in [0, 0.05) is 24.2 Å². The summed E-state index contributed by atoms with van der Waals surface area (Å²) in [7, 11) is 3.61. The molecule has 0 fully saturated rings. The molecule has 1 aromatic heterocycles. The van der Waals surface area contributed by atoms with Gasteiger partial charge in [0.25, 0.3) is 5.56 Å². The molecule has 4 heteroatoms. The van der Waals surface area contributed by atoms with Gasteiger partial charge in [0.15, 0.2) is 0 Å². The van der Waals surface area contributed by atoms with Crippen molar-refractivity contribution < 1.29 is 0 Å². The maximum absolute atomic E-state index is 12.1. The first-order valence-electron chi connectivity index (χ1n) is 5.73. The van der Waals surface area contributed by atoms with Crippen molar-refractivity contribution in [2.24, 2.45) is 7.05 Å². The number of hydrogen-bond donors (Lipinski definition) is 1. The molecule has 2 rings (SSSR count). The van der Waals surface area contributed by atoms with Crippen molar-refractivity contribution >= 4 is 11.6 Å².